The Bertz CT molecular complexity index is 427. The fourth-order valence-electron chi connectivity index (χ4n) is 2.10. The Morgan fingerprint density at radius 1 is 1.53 bits per heavy atom. The highest BCUT2D eigenvalue weighted by Crippen LogP contribution is 2.35. The van der Waals surface area contributed by atoms with Gasteiger partial charge in [-0.15, -0.1) is 0 Å². The van der Waals surface area contributed by atoms with Crippen molar-refractivity contribution >= 4 is 5.97 Å². The van der Waals surface area contributed by atoms with Gasteiger partial charge in [-0.3, -0.25) is 4.79 Å². The summed E-state index contributed by atoms with van der Waals surface area (Å²) in [6.45, 7) is 3.81. The topological polar surface area (TPSA) is 63.1 Å². The van der Waals surface area contributed by atoms with Crippen LogP contribution in [0.4, 0.5) is 0 Å². The predicted molar refractivity (Wildman–Crippen MR) is 64.0 cm³/mol. The van der Waals surface area contributed by atoms with Gasteiger partial charge in [-0.25, -0.2) is 9.97 Å². The van der Waals surface area contributed by atoms with Crippen LogP contribution in [0.3, 0.4) is 0 Å². The molecule has 1 aliphatic carbocycles. The minimum atomic E-state index is -0.798. The predicted octanol–water partition coefficient (Wildman–Crippen LogP) is 2.63. The third kappa shape index (κ3) is 2.81. The maximum atomic E-state index is 10.7. The molecule has 1 fully saturated rings. The number of carbonyl (C=O) groups is 1. The van der Waals surface area contributed by atoms with Crippen LogP contribution in [0, 0.1) is 6.92 Å². The first kappa shape index (κ1) is 12.0. The first-order chi connectivity index (χ1) is 8.06. The summed E-state index contributed by atoms with van der Waals surface area (Å²) in [5, 5.41) is 8.79. The number of aliphatic carboxylic acids is 1. The summed E-state index contributed by atoms with van der Waals surface area (Å²) in [5.74, 6) is 0.320. The van der Waals surface area contributed by atoms with E-state index < -0.39 is 5.97 Å². The third-order valence-electron chi connectivity index (χ3n) is 3.34. The first-order valence-electron chi connectivity index (χ1n) is 6.13. The summed E-state index contributed by atoms with van der Waals surface area (Å²) in [7, 11) is 0. The van der Waals surface area contributed by atoms with Crippen molar-refractivity contribution in [3.05, 3.63) is 23.3 Å². The largest absolute Gasteiger partial charge is 0.481 e. The summed E-state index contributed by atoms with van der Waals surface area (Å²) in [5.41, 5.74) is 2.03. The van der Waals surface area contributed by atoms with Crippen LogP contribution >= 0.6 is 0 Å². The number of nitrogens with zero attached hydrogens (tertiary/aromatic N) is 2. The summed E-state index contributed by atoms with van der Waals surface area (Å²) >= 11 is 0. The van der Waals surface area contributed by atoms with Gasteiger partial charge in [0.25, 0.3) is 0 Å². The van der Waals surface area contributed by atoms with Crippen molar-refractivity contribution in [3.63, 3.8) is 0 Å². The Hall–Kier alpha value is -1.45. The van der Waals surface area contributed by atoms with Crippen LogP contribution in [-0.4, -0.2) is 21.0 Å². The van der Waals surface area contributed by atoms with Gasteiger partial charge in [0.1, 0.15) is 5.82 Å². The van der Waals surface area contributed by atoms with E-state index in [0.29, 0.717) is 11.7 Å². The maximum Gasteiger partial charge on any atom is 0.304 e. The molecule has 0 radical (unpaired) electrons. The molecule has 1 atom stereocenters. The SMILES string of the molecule is Cc1cc(C2CCC2)nc(C(C)CC(=O)O)n1. The molecule has 1 aromatic heterocycles. The lowest BCUT2D eigenvalue weighted by Crippen LogP contribution is -2.15. The Morgan fingerprint density at radius 2 is 2.24 bits per heavy atom. The molecule has 0 aromatic carbocycles. The summed E-state index contributed by atoms with van der Waals surface area (Å²) in [6, 6.07) is 2.03. The average Bonchev–Trinajstić information content (AvgIpc) is 2.12. The number of carboxylic acids is 1. The van der Waals surface area contributed by atoms with Crippen molar-refractivity contribution < 1.29 is 9.90 Å². The minimum Gasteiger partial charge on any atom is -0.481 e. The number of rotatable bonds is 4. The lowest BCUT2D eigenvalue weighted by molar-refractivity contribution is -0.137. The van der Waals surface area contributed by atoms with Crippen LogP contribution in [0.1, 0.15) is 61.7 Å². The van der Waals surface area contributed by atoms with Gasteiger partial charge in [-0.05, 0) is 25.8 Å². The Kier molecular flexibility index (Phi) is 3.41. The standard InChI is InChI=1S/C13H18N2O2/c1-8(6-12(16)17)13-14-9(2)7-11(15-13)10-4-3-5-10/h7-8,10H,3-6H2,1-2H3,(H,16,17). The lowest BCUT2D eigenvalue weighted by atomic mass is 9.82. The van der Waals surface area contributed by atoms with Gasteiger partial charge in [0, 0.05) is 23.2 Å². The van der Waals surface area contributed by atoms with Crippen LogP contribution in [-0.2, 0) is 4.79 Å². The number of hydrogen-bond donors (Lipinski definition) is 1. The van der Waals surface area contributed by atoms with Crippen molar-refractivity contribution in [1.82, 2.24) is 9.97 Å². The molecule has 2 rings (SSSR count). The van der Waals surface area contributed by atoms with Gasteiger partial charge in [-0.1, -0.05) is 13.3 Å². The number of carboxylic acid groups (broad SMARTS) is 1. The number of hydrogen-bond acceptors (Lipinski definition) is 3. The van der Waals surface area contributed by atoms with Crippen LogP contribution < -0.4 is 0 Å². The molecule has 1 aliphatic rings. The molecule has 1 heterocycles. The van der Waals surface area contributed by atoms with E-state index in [9.17, 15) is 4.79 Å². The Balaban J connectivity index is 2.21. The van der Waals surface area contributed by atoms with Crippen LogP contribution in [0.15, 0.2) is 6.07 Å². The smallest absolute Gasteiger partial charge is 0.304 e. The molecular weight excluding hydrogens is 216 g/mol. The van der Waals surface area contributed by atoms with Crippen LogP contribution in [0.5, 0.6) is 0 Å². The van der Waals surface area contributed by atoms with Gasteiger partial charge in [0.2, 0.25) is 0 Å². The number of aryl methyl sites for hydroxylation is 1. The zero-order valence-electron chi connectivity index (χ0n) is 10.3. The zero-order chi connectivity index (χ0) is 12.4. The van der Waals surface area contributed by atoms with E-state index in [1.807, 2.05) is 19.9 Å². The van der Waals surface area contributed by atoms with E-state index in [-0.39, 0.29) is 12.3 Å². The van der Waals surface area contributed by atoms with Gasteiger partial charge >= 0.3 is 5.97 Å². The summed E-state index contributed by atoms with van der Waals surface area (Å²) < 4.78 is 0. The Morgan fingerprint density at radius 3 is 2.76 bits per heavy atom. The second kappa shape index (κ2) is 4.82. The van der Waals surface area contributed by atoms with Crippen LogP contribution in [0.2, 0.25) is 0 Å². The zero-order valence-corrected chi connectivity index (χ0v) is 10.3. The fourth-order valence-corrected chi connectivity index (χ4v) is 2.10. The van der Waals surface area contributed by atoms with Crippen molar-refractivity contribution in [3.8, 4) is 0 Å². The second-order valence-electron chi connectivity index (χ2n) is 4.92. The average molecular weight is 234 g/mol. The molecule has 1 aromatic rings. The molecule has 0 spiro atoms. The molecule has 1 saturated carbocycles. The molecular formula is C13H18N2O2. The van der Waals surface area contributed by atoms with Gasteiger partial charge < -0.3 is 5.11 Å². The second-order valence-corrected chi connectivity index (χ2v) is 4.92. The maximum absolute atomic E-state index is 10.7. The molecule has 0 amide bonds. The number of aromatic nitrogens is 2. The van der Waals surface area contributed by atoms with Crippen LogP contribution in [0.25, 0.3) is 0 Å². The van der Waals surface area contributed by atoms with Crippen molar-refractivity contribution in [2.75, 3.05) is 0 Å². The van der Waals surface area contributed by atoms with Crippen molar-refractivity contribution in [2.45, 2.75) is 51.4 Å². The highest BCUT2D eigenvalue weighted by atomic mass is 16.4. The lowest BCUT2D eigenvalue weighted by Gasteiger charge is -2.25. The summed E-state index contributed by atoms with van der Waals surface area (Å²) in [6.07, 6.45) is 3.76. The van der Waals surface area contributed by atoms with E-state index in [4.69, 9.17) is 5.11 Å². The van der Waals surface area contributed by atoms with E-state index in [2.05, 4.69) is 9.97 Å². The molecule has 1 unspecified atom stereocenters. The highest BCUT2D eigenvalue weighted by Gasteiger charge is 2.23. The van der Waals surface area contributed by atoms with Gasteiger partial charge in [-0.2, -0.15) is 0 Å². The molecule has 92 valence electrons. The molecule has 0 saturated heterocycles. The van der Waals surface area contributed by atoms with Gasteiger partial charge in [0.05, 0.1) is 6.42 Å². The molecule has 0 aliphatic heterocycles. The van der Waals surface area contributed by atoms with Gasteiger partial charge in [0.15, 0.2) is 0 Å². The fraction of sp³-hybridized carbons (Fsp3) is 0.615. The quantitative estimate of drug-likeness (QED) is 0.869. The normalized spacial score (nSPS) is 17.5. The highest BCUT2D eigenvalue weighted by molar-refractivity contribution is 5.67. The van der Waals surface area contributed by atoms with E-state index >= 15 is 0 Å². The molecule has 4 nitrogen and oxygen atoms in total. The van der Waals surface area contributed by atoms with E-state index in [1.165, 1.54) is 19.3 Å². The minimum absolute atomic E-state index is 0.0908. The summed E-state index contributed by atoms with van der Waals surface area (Å²) in [4.78, 5) is 19.6. The molecule has 4 heteroatoms. The monoisotopic (exact) mass is 234 g/mol. The Labute approximate surface area is 101 Å². The third-order valence-corrected chi connectivity index (χ3v) is 3.34. The van der Waals surface area contributed by atoms with E-state index in [1.54, 1.807) is 0 Å². The molecule has 1 N–H and O–H groups in total. The molecule has 0 bridgehead atoms. The van der Waals surface area contributed by atoms with E-state index in [0.717, 1.165) is 11.4 Å². The van der Waals surface area contributed by atoms with Crippen molar-refractivity contribution in [2.24, 2.45) is 0 Å². The van der Waals surface area contributed by atoms with Crippen molar-refractivity contribution in [1.29, 1.82) is 0 Å². The first-order valence-corrected chi connectivity index (χ1v) is 6.13. The molecule has 17 heavy (non-hydrogen) atoms.